The highest BCUT2D eigenvalue weighted by molar-refractivity contribution is 9.10. The standard InChI is InChI=1S/C12H14BrClN4/c1-3-18-12(9(14)7-17-18)11(15-2)10-8(13)5-4-6-16-10/h4-7,11,15H,3H2,1-2H3. The Morgan fingerprint density at radius 1 is 1.56 bits per heavy atom. The molecule has 18 heavy (non-hydrogen) atoms. The molecule has 0 aromatic carbocycles. The Balaban J connectivity index is 2.52. The molecule has 2 aromatic heterocycles. The van der Waals surface area contributed by atoms with Crippen molar-refractivity contribution in [1.29, 1.82) is 0 Å². The van der Waals surface area contributed by atoms with Crippen molar-refractivity contribution in [1.82, 2.24) is 20.1 Å². The van der Waals surface area contributed by atoms with Crippen molar-refractivity contribution < 1.29 is 0 Å². The van der Waals surface area contributed by atoms with Crippen LogP contribution in [-0.2, 0) is 6.54 Å². The van der Waals surface area contributed by atoms with Crippen LogP contribution in [0.1, 0.15) is 24.4 Å². The Hall–Kier alpha value is -0.910. The largest absolute Gasteiger partial charge is 0.307 e. The molecule has 1 N–H and O–H groups in total. The van der Waals surface area contributed by atoms with Gasteiger partial charge in [-0.05, 0) is 42.0 Å². The number of aryl methyl sites for hydroxylation is 1. The lowest BCUT2D eigenvalue weighted by molar-refractivity contribution is 0.555. The summed E-state index contributed by atoms with van der Waals surface area (Å²) in [4.78, 5) is 4.41. The van der Waals surface area contributed by atoms with Gasteiger partial charge in [0.25, 0.3) is 0 Å². The molecular weight excluding hydrogens is 316 g/mol. The van der Waals surface area contributed by atoms with Crippen LogP contribution < -0.4 is 5.32 Å². The number of hydrogen-bond acceptors (Lipinski definition) is 3. The van der Waals surface area contributed by atoms with E-state index in [1.165, 1.54) is 0 Å². The summed E-state index contributed by atoms with van der Waals surface area (Å²) in [5, 5.41) is 8.15. The van der Waals surface area contributed by atoms with Gasteiger partial charge in [0, 0.05) is 17.2 Å². The summed E-state index contributed by atoms with van der Waals surface area (Å²) in [6, 6.07) is 3.77. The van der Waals surface area contributed by atoms with E-state index in [0.717, 1.165) is 22.4 Å². The van der Waals surface area contributed by atoms with Crippen LogP contribution in [0.25, 0.3) is 0 Å². The highest BCUT2D eigenvalue weighted by Gasteiger charge is 2.23. The first-order valence-corrected chi connectivity index (χ1v) is 6.85. The molecule has 2 rings (SSSR count). The fourth-order valence-electron chi connectivity index (χ4n) is 1.92. The SMILES string of the molecule is CCn1ncc(Cl)c1C(NC)c1ncccc1Br. The lowest BCUT2D eigenvalue weighted by Gasteiger charge is -2.18. The number of pyridine rings is 1. The van der Waals surface area contributed by atoms with Gasteiger partial charge in [0.15, 0.2) is 0 Å². The molecule has 0 aliphatic carbocycles. The summed E-state index contributed by atoms with van der Waals surface area (Å²) < 4.78 is 2.83. The molecule has 1 unspecified atom stereocenters. The van der Waals surface area contributed by atoms with Gasteiger partial charge in [-0.25, -0.2) is 0 Å². The molecule has 2 aromatic rings. The van der Waals surface area contributed by atoms with Crippen molar-refractivity contribution in [3.05, 3.63) is 45.4 Å². The minimum Gasteiger partial charge on any atom is -0.307 e. The van der Waals surface area contributed by atoms with Crippen LogP contribution in [0.4, 0.5) is 0 Å². The molecule has 1 atom stereocenters. The molecule has 0 radical (unpaired) electrons. The lowest BCUT2D eigenvalue weighted by atomic mass is 10.1. The van der Waals surface area contributed by atoms with Crippen LogP contribution in [0.3, 0.4) is 0 Å². The maximum Gasteiger partial charge on any atom is 0.0946 e. The predicted molar refractivity (Wildman–Crippen MR) is 75.8 cm³/mol. The molecule has 0 bridgehead atoms. The van der Waals surface area contributed by atoms with Crippen LogP contribution in [0, 0.1) is 0 Å². The monoisotopic (exact) mass is 328 g/mol. The summed E-state index contributed by atoms with van der Waals surface area (Å²) in [5.74, 6) is 0. The first-order chi connectivity index (χ1) is 8.69. The molecule has 0 amide bonds. The van der Waals surface area contributed by atoms with Gasteiger partial charge >= 0.3 is 0 Å². The number of nitrogens with zero attached hydrogens (tertiary/aromatic N) is 3. The van der Waals surface area contributed by atoms with Crippen molar-refractivity contribution in [2.75, 3.05) is 7.05 Å². The van der Waals surface area contributed by atoms with Crippen LogP contribution >= 0.6 is 27.5 Å². The minimum absolute atomic E-state index is 0.0875. The van der Waals surface area contributed by atoms with Gasteiger partial charge in [0.1, 0.15) is 0 Å². The molecule has 4 nitrogen and oxygen atoms in total. The maximum absolute atomic E-state index is 6.23. The zero-order valence-corrected chi connectivity index (χ0v) is 12.5. The van der Waals surface area contributed by atoms with Gasteiger partial charge in [0.05, 0.1) is 28.6 Å². The van der Waals surface area contributed by atoms with E-state index < -0.39 is 0 Å². The normalized spacial score (nSPS) is 12.7. The maximum atomic E-state index is 6.23. The second-order valence-corrected chi connectivity index (χ2v) is 5.05. The number of rotatable bonds is 4. The fourth-order valence-corrected chi connectivity index (χ4v) is 2.66. The Morgan fingerprint density at radius 3 is 2.94 bits per heavy atom. The number of halogens is 2. The molecular formula is C12H14BrClN4. The highest BCUT2D eigenvalue weighted by Crippen LogP contribution is 2.30. The molecule has 6 heteroatoms. The van der Waals surface area contributed by atoms with Crippen molar-refractivity contribution in [2.24, 2.45) is 0 Å². The molecule has 96 valence electrons. The van der Waals surface area contributed by atoms with E-state index in [0.29, 0.717) is 5.02 Å². The van der Waals surface area contributed by atoms with E-state index >= 15 is 0 Å². The van der Waals surface area contributed by atoms with Gasteiger partial charge in [-0.15, -0.1) is 0 Å². The summed E-state index contributed by atoms with van der Waals surface area (Å²) in [7, 11) is 1.88. The van der Waals surface area contributed by atoms with E-state index in [4.69, 9.17) is 11.6 Å². The first-order valence-electron chi connectivity index (χ1n) is 5.67. The van der Waals surface area contributed by atoms with Crippen LogP contribution in [0.2, 0.25) is 5.02 Å². The number of nitrogens with one attached hydrogen (secondary N) is 1. The van der Waals surface area contributed by atoms with Crippen molar-refractivity contribution in [3.63, 3.8) is 0 Å². The Bertz CT molecular complexity index is 541. The smallest absolute Gasteiger partial charge is 0.0946 e. The average molecular weight is 330 g/mol. The van der Waals surface area contributed by atoms with Crippen molar-refractivity contribution >= 4 is 27.5 Å². The molecule has 0 spiro atoms. The molecule has 0 saturated carbocycles. The lowest BCUT2D eigenvalue weighted by Crippen LogP contribution is -2.23. The zero-order chi connectivity index (χ0) is 13.1. The quantitative estimate of drug-likeness (QED) is 0.937. The predicted octanol–water partition coefficient (Wildman–Crippen LogP) is 3.02. The first kappa shape index (κ1) is 13.5. The Morgan fingerprint density at radius 2 is 2.33 bits per heavy atom. The second kappa shape index (κ2) is 5.82. The molecule has 0 aliphatic rings. The topological polar surface area (TPSA) is 42.7 Å². The third-order valence-corrected chi connectivity index (χ3v) is 3.72. The second-order valence-electron chi connectivity index (χ2n) is 3.79. The molecule has 0 saturated heterocycles. The third kappa shape index (κ3) is 2.43. The Labute approximate surface area is 119 Å². The van der Waals surface area contributed by atoms with Crippen molar-refractivity contribution in [2.45, 2.75) is 19.5 Å². The van der Waals surface area contributed by atoms with Gasteiger partial charge in [-0.1, -0.05) is 11.6 Å². The van der Waals surface area contributed by atoms with E-state index in [9.17, 15) is 0 Å². The Kier molecular flexibility index (Phi) is 4.37. The van der Waals surface area contributed by atoms with Gasteiger partial charge < -0.3 is 5.32 Å². The van der Waals surface area contributed by atoms with Gasteiger partial charge in [-0.2, -0.15) is 5.10 Å². The van der Waals surface area contributed by atoms with E-state index in [1.54, 1.807) is 12.4 Å². The number of hydrogen-bond donors (Lipinski definition) is 1. The summed E-state index contributed by atoms with van der Waals surface area (Å²) >= 11 is 9.75. The summed E-state index contributed by atoms with van der Waals surface area (Å²) in [6.45, 7) is 2.80. The van der Waals surface area contributed by atoms with E-state index in [1.807, 2.05) is 30.8 Å². The minimum atomic E-state index is -0.0875. The van der Waals surface area contributed by atoms with Crippen LogP contribution in [0.5, 0.6) is 0 Å². The zero-order valence-electron chi connectivity index (χ0n) is 10.2. The molecule has 0 fully saturated rings. The third-order valence-electron chi connectivity index (χ3n) is 2.76. The van der Waals surface area contributed by atoms with Crippen molar-refractivity contribution in [3.8, 4) is 0 Å². The van der Waals surface area contributed by atoms with Crippen LogP contribution in [-0.4, -0.2) is 21.8 Å². The summed E-state index contributed by atoms with van der Waals surface area (Å²) in [6.07, 6.45) is 3.44. The molecule has 0 aliphatic heterocycles. The fraction of sp³-hybridized carbons (Fsp3) is 0.333. The molecule has 2 heterocycles. The summed E-state index contributed by atoms with van der Waals surface area (Å²) in [5.41, 5.74) is 1.83. The van der Waals surface area contributed by atoms with E-state index in [2.05, 4.69) is 31.3 Å². The van der Waals surface area contributed by atoms with E-state index in [-0.39, 0.29) is 6.04 Å². The van der Waals surface area contributed by atoms with Crippen LogP contribution in [0.15, 0.2) is 29.0 Å². The highest BCUT2D eigenvalue weighted by atomic mass is 79.9. The van der Waals surface area contributed by atoms with Gasteiger partial charge in [-0.3, -0.25) is 9.67 Å². The number of aromatic nitrogens is 3. The average Bonchev–Trinajstić information content (AvgIpc) is 2.74. The van der Waals surface area contributed by atoms with Gasteiger partial charge in [0.2, 0.25) is 0 Å².